The van der Waals surface area contributed by atoms with Gasteiger partial charge in [-0.15, -0.1) is 0 Å². The molecule has 104 valence electrons. The van der Waals surface area contributed by atoms with Gasteiger partial charge < -0.3 is 5.11 Å². The van der Waals surface area contributed by atoms with E-state index in [0.29, 0.717) is 0 Å². The predicted octanol–water partition coefficient (Wildman–Crippen LogP) is 3.31. The van der Waals surface area contributed by atoms with Crippen LogP contribution in [0.25, 0.3) is 0 Å². The number of likely N-dealkylation sites (tertiary alicyclic amines) is 1. The first-order valence-corrected chi connectivity index (χ1v) is 7.11. The molecule has 1 saturated heterocycles. The van der Waals surface area contributed by atoms with Crippen molar-refractivity contribution in [3.05, 3.63) is 34.9 Å². The molecule has 1 aromatic rings. The number of nitrogens with zero attached hydrogens (tertiary/aromatic N) is 1. The van der Waals surface area contributed by atoms with Crippen LogP contribution in [-0.2, 0) is 4.79 Å². The molecule has 1 aliphatic rings. The van der Waals surface area contributed by atoms with Crippen LogP contribution in [0.3, 0.4) is 0 Å². The molecule has 3 heteroatoms. The average molecular weight is 261 g/mol. The molecule has 1 unspecified atom stereocenters. The summed E-state index contributed by atoms with van der Waals surface area (Å²) in [6, 6.07) is 6.24. The van der Waals surface area contributed by atoms with E-state index in [9.17, 15) is 9.90 Å². The molecule has 0 amide bonds. The molecule has 1 atom stereocenters. The Hall–Kier alpha value is -1.35. The van der Waals surface area contributed by atoms with E-state index >= 15 is 0 Å². The fourth-order valence-corrected chi connectivity index (χ4v) is 3.16. The third-order valence-electron chi connectivity index (χ3n) is 4.07. The van der Waals surface area contributed by atoms with Crippen molar-refractivity contribution in [3.8, 4) is 0 Å². The molecule has 2 rings (SSSR count). The minimum absolute atomic E-state index is 0.0269. The minimum Gasteiger partial charge on any atom is -0.481 e. The van der Waals surface area contributed by atoms with Crippen molar-refractivity contribution in [1.82, 2.24) is 4.90 Å². The zero-order valence-corrected chi connectivity index (χ0v) is 11.9. The summed E-state index contributed by atoms with van der Waals surface area (Å²) in [5.41, 5.74) is 3.63. The van der Waals surface area contributed by atoms with E-state index in [2.05, 4.69) is 30.9 Å². The third-order valence-corrected chi connectivity index (χ3v) is 4.07. The van der Waals surface area contributed by atoms with Gasteiger partial charge in [-0.05, 0) is 56.5 Å². The van der Waals surface area contributed by atoms with E-state index < -0.39 is 5.97 Å². The van der Waals surface area contributed by atoms with E-state index in [1.165, 1.54) is 36.0 Å². The second-order valence-corrected chi connectivity index (χ2v) is 5.52. The Labute approximate surface area is 115 Å². The van der Waals surface area contributed by atoms with Gasteiger partial charge in [0.05, 0.1) is 6.42 Å². The molecule has 1 aromatic carbocycles. The topological polar surface area (TPSA) is 40.5 Å². The number of piperidine rings is 1. The van der Waals surface area contributed by atoms with Gasteiger partial charge in [0.15, 0.2) is 0 Å². The molecule has 1 N–H and O–H groups in total. The molecular weight excluding hydrogens is 238 g/mol. The van der Waals surface area contributed by atoms with Crippen LogP contribution in [-0.4, -0.2) is 29.1 Å². The highest BCUT2D eigenvalue weighted by atomic mass is 16.4. The first kappa shape index (κ1) is 14.1. The van der Waals surface area contributed by atoms with Gasteiger partial charge in [-0.2, -0.15) is 0 Å². The van der Waals surface area contributed by atoms with Crippen LogP contribution in [0.4, 0.5) is 0 Å². The summed E-state index contributed by atoms with van der Waals surface area (Å²) in [5, 5.41) is 9.23. The molecule has 0 bridgehead atoms. The maximum atomic E-state index is 11.2. The normalized spacial score (nSPS) is 18.2. The molecule has 0 radical (unpaired) electrons. The van der Waals surface area contributed by atoms with E-state index in [1.807, 2.05) is 6.07 Å². The maximum absolute atomic E-state index is 11.2. The lowest BCUT2D eigenvalue weighted by atomic mass is 9.91. The molecule has 1 heterocycles. The van der Waals surface area contributed by atoms with Crippen LogP contribution in [0.5, 0.6) is 0 Å². The Balaban J connectivity index is 2.33. The van der Waals surface area contributed by atoms with E-state index in [4.69, 9.17) is 0 Å². The number of aliphatic carboxylic acids is 1. The van der Waals surface area contributed by atoms with Crippen LogP contribution in [0, 0.1) is 13.8 Å². The van der Waals surface area contributed by atoms with E-state index in [-0.39, 0.29) is 12.5 Å². The van der Waals surface area contributed by atoms with Gasteiger partial charge in [-0.3, -0.25) is 9.69 Å². The monoisotopic (exact) mass is 261 g/mol. The van der Waals surface area contributed by atoms with Crippen molar-refractivity contribution in [2.45, 2.75) is 45.6 Å². The zero-order chi connectivity index (χ0) is 13.8. The summed E-state index contributed by atoms with van der Waals surface area (Å²) >= 11 is 0. The summed E-state index contributed by atoms with van der Waals surface area (Å²) in [5.74, 6) is -0.710. The van der Waals surface area contributed by atoms with Crippen molar-refractivity contribution < 1.29 is 9.90 Å². The predicted molar refractivity (Wildman–Crippen MR) is 76.3 cm³/mol. The van der Waals surface area contributed by atoms with Crippen molar-refractivity contribution in [3.63, 3.8) is 0 Å². The lowest BCUT2D eigenvalue weighted by Gasteiger charge is -2.35. The van der Waals surface area contributed by atoms with E-state index in [1.54, 1.807) is 0 Å². The fraction of sp³-hybridized carbons (Fsp3) is 0.562. The Morgan fingerprint density at radius 2 is 1.79 bits per heavy atom. The van der Waals surface area contributed by atoms with Crippen molar-refractivity contribution in [1.29, 1.82) is 0 Å². The first-order chi connectivity index (χ1) is 9.09. The largest absolute Gasteiger partial charge is 0.481 e. The van der Waals surface area contributed by atoms with Crippen molar-refractivity contribution in [2.24, 2.45) is 0 Å². The molecule has 0 aromatic heterocycles. The van der Waals surface area contributed by atoms with Crippen molar-refractivity contribution >= 4 is 5.97 Å². The number of carbonyl (C=O) groups is 1. The molecule has 0 aliphatic carbocycles. The summed E-state index contributed by atoms with van der Waals surface area (Å²) < 4.78 is 0. The number of hydrogen-bond acceptors (Lipinski definition) is 2. The lowest BCUT2D eigenvalue weighted by Crippen LogP contribution is -2.35. The summed E-state index contributed by atoms with van der Waals surface area (Å²) in [6.45, 7) is 6.21. The van der Waals surface area contributed by atoms with Crippen molar-refractivity contribution in [2.75, 3.05) is 13.1 Å². The molecule has 0 spiro atoms. The smallest absolute Gasteiger partial charge is 0.305 e. The first-order valence-electron chi connectivity index (χ1n) is 7.11. The van der Waals surface area contributed by atoms with Crippen LogP contribution in [0.2, 0.25) is 0 Å². The minimum atomic E-state index is -0.710. The molecule has 3 nitrogen and oxygen atoms in total. The Morgan fingerprint density at radius 1 is 1.21 bits per heavy atom. The molecule has 19 heavy (non-hydrogen) atoms. The Kier molecular flexibility index (Phi) is 4.59. The number of benzene rings is 1. The second-order valence-electron chi connectivity index (χ2n) is 5.52. The van der Waals surface area contributed by atoms with Gasteiger partial charge in [0, 0.05) is 6.04 Å². The van der Waals surface area contributed by atoms with Crippen LogP contribution >= 0.6 is 0 Å². The number of aryl methyl sites for hydroxylation is 2. The highest BCUT2D eigenvalue weighted by molar-refractivity contribution is 5.68. The lowest BCUT2D eigenvalue weighted by molar-refractivity contribution is -0.138. The Morgan fingerprint density at radius 3 is 2.32 bits per heavy atom. The molecule has 1 fully saturated rings. The van der Waals surface area contributed by atoms with Gasteiger partial charge in [0.25, 0.3) is 0 Å². The highest BCUT2D eigenvalue weighted by Crippen LogP contribution is 2.31. The highest BCUT2D eigenvalue weighted by Gasteiger charge is 2.26. The van der Waals surface area contributed by atoms with Gasteiger partial charge in [0.1, 0.15) is 0 Å². The Bertz CT molecular complexity index is 430. The fourth-order valence-electron chi connectivity index (χ4n) is 3.16. The second kappa shape index (κ2) is 6.20. The molecule has 0 saturated carbocycles. The van der Waals surface area contributed by atoms with Crippen LogP contribution in [0.1, 0.15) is 48.4 Å². The SMILES string of the molecule is Cc1cccc(C)c1C(CC(=O)O)N1CCCCC1. The van der Waals surface area contributed by atoms with E-state index in [0.717, 1.165) is 13.1 Å². The number of carboxylic acid groups (broad SMARTS) is 1. The summed E-state index contributed by atoms with van der Waals surface area (Å²) in [7, 11) is 0. The number of hydrogen-bond donors (Lipinski definition) is 1. The zero-order valence-electron chi connectivity index (χ0n) is 11.9. The van der Waals surface area contributed by atoms with Gasteiger partial charge in [-0.25, -0.2) is 0 Å². The standard InChI is InChI=1S/C16H23NO2/c1-12-7-6-8-13(2)16(12)14(11-15(18)19)17-9-4-3-5-10-17/h6-8,14H,3-5,9-11H2,1-2H3,(H,18,19). The quantitative estimate of drug-likeness (QED) is 0.904. The maximum Gasteiger partial charge on any atom is 0.305 e. The summed E-state index contributed by atoms with van der Waals surface area (Å²) in [4.78, 5) is 13.6. The van der Waals surface area contributed by atoms with Gasteiger partial charge >= 0.3 is 5.97 Å². The summed E-state index contributed by atoms with van der Waals surface area (Å²) in [6.07, 6.45) is 3.83. The number of carboxylic acids is 1. The van der Waals surface area contributed by atoms with Crippen LogP contribution in [0.15, 0.2) is 18.2 Å². The number of rotatable bonds is 4. The van der Waals surface area contributed by atoms with Gasteiger partial charge in [-0.1, -0.05) is 24.6 Å². The van der Waals surface area contributed by atoms with Crippen LogP contribution < -0.4 is 0 Å². The third kappa shape index (κ3) is 3.35. The molecule has 1 aliphatic heterocycles. The average Bonchev–Trinajstić information content (AvgIpc) is 2.38. The molecular formula is C16H23NO2. The van der Waals surface area contributed by atoms with Gasteiger partial charge in [0.2, 0.25) is 0 Å².